The highest BCUT2D eigenvalue weighted by Gasteiger charge is 2.28. The van der Waals surface area contributed by atoms with Crippen molar-refractivity contribution >= 4 is 11.8 Å². The van der Waals surface area contributed by atoms with Gasteiger partial charge in [0, 0.05) is 26.7 Å². The molecular formula is C15H21N3O2. The zero-order valence-electron chi connectivity index (χ0n) is 12.0. The Morgan fingerprint density at radius 3 is 2.90 bits per heavy atom. The lowest BCUT2D eigenvalue weighted by Crippen LogP contribution is -2.43. The molecule has 20 heavy (non-hydrogen) atoms. The molecule has 0 radical (unpaired) electrons. The molecule has 0 aromatic heterocycles. The van der Waals surface area contributed by atoms with Crippen LogP contribution in [0.25, 0.3) is 0 Å². The van der Waals surface area contributed by atoms with E-state index in [-0.39, 0.29) is 24.3 Å². The third kappa shape index (κ3) is 3.17. The van der Waals surface area contributed by atoms with Crippen molar-refractivity contribution in [3.8, 4) is 0 Å². The van der Waals surface area contributed by atoms with E-state index in [9.17, 15) is 9.59 Å². The van der Waals surface area contributed by atoms with Crippen molar-refractivity contribution in [1.82, 2.24) is 15.5 Å². The molecule has 2 rings (SSSR count). The topological polar surface area (TPSA) is 61.4 Å². The summed E-state index contributed by atoms with van der Waals surface area (Å²) in [5.41, 5.74) is 2.22. The Morgan fingerprint density at radius 1 is 1.40 bits per heavy atom. The maximum Gasteiger partial charge on any atom is 0.239 e. The van der Waals surface area contributed by atoms with E-state index in [1.807, 2.05) is 31.2 Å². The zero-order valence-corrected chi connectivity index (χ0v) is 12.0. The molecule has 1 heterocycles. The summed E-state index contributed by atoms with van der Waals surface area (Å²) in [5, 5.41) is 5.96. The zero-order chi connectivity index (χ0) is 14.5. The number of likely N-dealkylation sites (N-methyl/N-ethyl adjacent to an activating group) is 2. The average molecular weight is 275 g/mol. The lowest BCUT2D eigenvalue weighted by molar-refractivity contribution is -0.136. The molecule has 0 bridgehead atoms. The molecule has 5 nitrogen and oxygen atoms in total. The Balaban J connectivity index is 2.08. The molecule has 0 aliphatic carbocycles. The molecule has 108 valence electrons. The molecule has 1 aromatic carbocycles. The number of rotatable bonds is 4. The fraction of sp³-hybridized carbons (Fsp3) is 0.467. The lowest BCUT2D eigenvalue weighted by Gasteiger charge is -2.29. The van der Waals surface area contributed by atoms with Crippen LogP contribution in [0.15, 0.2) is 24.3 Å². The van der Waals surface area contributed by atoms with Gasteiger partial charge in [0.1, 0.15) is 0 Å². The summed E-state index contributed by atoms with van der Waals surface area (Å²) in [6.45, 7) is 3.95. The minimum atomic E-state index is -0.209. The number of carbonyl (C=O) groups excluding carboxylic acids is 2. The van der Waals surface area contributed by atoms with E-state index < -0.39 is 0 Å². The third-order valence-electron chi connectivity index (χ3n) is 3.52. The summed E-state index contributed by atoms with van der Waals surface area (Å²) in [5.74, 6) is -0.351. The number of carbonyl (C=O) groups is 2. The predicted molar refractivity (Wildman–Crippen MR) is 77.2 cm³/mol. The van der Waals surface area contributed by atoms with Gasteiger partial charge in [0.15, 0.2) is 0 Å². The molecule has 1 aromatic rings. The number of fused-ring (bicyclic) bond motifs is 1. The molecule has 1 aliphatic rings. The number of amides is 2. The van der Waals surface area contributed by atoms with Gasteiger partial charge in [0.25, 0.3) is 0 Å². The van der Waals surface area contributed by atoms with E-state index in [1.54, 1.807) is 7.05 Å². The average Bonchev–Trinajstić information content (AvgIpc) is 2.46. The highest BCUT2D eigenvalue weighted by Crippen LogP contribution is 2.25. The predicted octanol–water partition coefficient (Wildman–Crippen LogP) is 0.468. The van der Waals surface area contributed by atoms with Crippen molar-refractivity contribution in [2.24, 2.45) is 0 Å². The molecule has 1 aliphatic heterocycles. The standard InChI is InChI=1S/C15H21N3O2/c1-3-17-14(19)10-18(2)15(20)13-9-16-8-11-6-4-5-7-12(11)13/h4-7,13,16H,3,8-10H2,1-2H3,(H,17,19). The van der Waals surface area contributed by atoms with Crippen molar-refractivity contribution in [3.63, 3.8) is 0 Å². The first-order valence-electron chi connectivity index (χ1n) is 6.93. The lowest BCUT2D eigenvalue weighted by atomic mass is 9.90. The minimum absolute atomic E-state index is 0.0177. The van der Waals surface area contributed by atoms with Crippen molar-refractivity contribution in [2.45, 2.75) is 19.4 Å². The number of hydrogen-bond acceptors (Lipinski definition) is 3. The monoisotopic (exact) mass is 275 g/mol. The number of nitrogens with one attached hydrogen (secondary N) is 2. The number of benzene rings is 1. The largest absolute Gasteiger partial charge is 0.355 e. The fourth-order valence-corrected chi connectivity index (χ4v) is 2.53. The molecule has 2 amide bonds. The third-order valence-corrected chi connectivity index (χ3v) is 3.52. The highest BCUT2D eigenvalue weighted by atomic mass is 16.2. The maximum atomic E-state index is 12.5. The number of nitrogens with zero attached hydrogens (tertiary/aromatic N) is 1. The summed E-state index contributed by atoms with van der Waals surface area (Å²) in [6.07, 6.45) is 0. The molecule has 1 atom stereocenters. The Morgan fingerprint density at radius 2 is 2.15 bits per heavy atom. The molecule has 5 heteroatoms. The summed E-state index contributed by atoms with van der Waals surface area (Å²) >= 11 is 0. The Bertz CT molecular complexity index is 502. The van der Waals surface area contributed by atoms with Crippen molar-refractivity contribution in [1.29, 1.82) is 0 Å². The Labute approximate surface area is 119 Å². The first-order valence-corrected chi connectivity index (χ1v) is 6.93. The van der Waals surface area contributed by atoms with Crippen LogP contribution in [0.4, 0.5) is 0 Å². The highest BCUT2D eigenvalue weighted by molar-refractivity contribution is 5.89. The van der Waals surface area contributed by atoms with Crippen LogP contribution >= 0.6 is 0 Å². The van der Waals surface area contributed by atoms with Crippen LogP contribution in [-0.4, -0.2) is 43.4 Å². The number of hydrogen-bond donors (Lipinski definition) is 2. The summed E-state index contributed by atoms with van der Waals surface area (Å²) in [6, 6.07) is 7.96. The molecular weight excluding hydrogens is 254 g/mol. The molecule has 0 fully saturated rings. The van der Waals surface area contributed by atoms with Gasteiger partial charge >= 0.3 is 0 Å². The molecule has 0 spiro atoms. The van der Waals surface area contributed by atoms with Crippen LogP contribution in [-0.2, 0) is 16.1 Å². The van der Waals surface area contributed by atoms with E-state index in [2.05, 4.69) is 10.6 Å². The van der Waals surface area contributed by atoms with Gasteiger partial charge in [-0.1, -0.05) is 24.3 Å². The molecule has 0 saturated heterocycles. The molecule has 0 saturated carbocycles. The van der Waals surface area contributed by atoms with E-state index in [4.69, 9.17) is 0 Å². The second-order valence-electron chi connectivity index (χ2n) is 5.03. The van der Waals surface area contributed by atoms with Gasteiger partial charge in [-0.3, -0.25) is 9.59 Å². The van der Waals surface area contributed by atoms with Gasteiger partial charge in [0.05, 0.1) is 12.5 Å². The second-order valence-corrected chi connectivity index (χ2v) is 5.03. The first-order chi connectivity index (χ1) is 9.63. The van der Waals surface area contributed by atoms with Crippen LogP contribution in [0.3, 0.4) is 0 Å². The normalized spacial score (nSPS) is 17.2. The van der Waals surface area contributed by atoms with Gasteiger partial charge in [-0.2, -0.15) is 0 Å². The minimum Gasteiger partial charge on any atom is -0.355 e. The van der Waals surface area contributed by atoms with Crippen molar-refractivity contribution in [2.75, 3.05) is 26.7 Å². The van der Waals surface area contributed by atoms with E-state index in [0.717, 1.165) is 17.7 Å². The van der Waals surface area contributed by atoms with Crippen LogP contribution in [0, 0.1) is 0 Å². The summed E-state index contributed by atoms with van der Waals surface area (Å²) in [4.78, 5) is 25.6. The quantitative estimate of drug-likeness (QED) is 0.839. The smallest absolute Gasteiger partial charge is 0.239 e. The SMILES string of the molecule is CCNC(=O)CN(C)C(=O)C1CNCc2ccccc21. The van der Waals surface area contributed by atoms with Crippen LogP contribution in [0.1, 0.15) is 24.0 Å². The van der Waals surface area contributed by atoms with Crippen LogP contribution in [0.5, 0.6) is 0 Å². The summed E-state index contributed by atoms with van der Waals surface area (Å²) in [7, 11) is 1.68. The van der Waals surface area contributed by atoms with Crippen molar-refractivity contribution in [3.05, 3.63) is 35.4 Å². The van der Waals surface area contributed by atoms with Gasteiger partial charge in [-0.15, -0.1) is 0 Å². The second kappa shape index (κ2) is 6.52. The summed E-state index contributed by atoms with van der Waals surface area (Å²) < 4.78 is 0. The Kier molecular flexibility index (Phi) is 4.74. The van der Waals surface area contributed by atoms with E-state index in [0.29, 0.717) is 13.1 Å². The van der Waals surface area contributed by atoms with Gasteiger partial charge in [-0.05, 0) is 18.1 Å². The molecule has 1 unspecified atom stereocenters. The fourth-order valence-electron chi connectivity index (χ4n) is 2.53. The Hall–Kier alpha value is -1.88. The van der Waals surface area contributed by atoms with Crippen LogP contribution < -0.4 is 10.6 Å². The van der Waals surface area contributed by atoms with Gasteiger partial charge in [-0.25, -0.2) is 0 Å². The van der Waals surface area contributed by atoms with Crippen LogP contribution in [0.2, 0.25) is 0 Å². The van der Waals surface area contributed by atoms with Gasteiger partial charge in [0.2, 0.25) is 11.8 Å². The van der Waals surface area contributed by atoms with Crippen molar-refractivity contribution < 1.29 is 9.59 Å². The van der Waals surface area contributed by atoms with E-state index in [1.165, 1.54) is 4.90 Å². The van der Waals surface area contributed by atoms with Gasteiger partial charge < -0.3 is 15.5 Å². The maximum absolute atomic E-state index is 12.5. The molecule has 2 N–H and O–H groups in total. The first kappa shape index (κ1) is 14.5. The van der Waals surface area contributed by atoms with E-state index >= 15 is 0 Å².